The van der Waals surface area contributed by atoms with Gasteiger partial charge in [0.2, 0.25) is 5.91 Å². The van der Waals surface area contributed by atoms with Gasteiger partial charge in [-0.15, -0.1) is 0 Å². The molecule has 0 saturated carbocycles. The molecule has 2 N–H and O–H groups in total. The first kappa shape index (κ1) is 11.9. The maximum Gasteiger partial charge on any atom is 0.221 e. The molecular weight excluding hydrogens is 216 g/mol. The Labute approximate surface area is 101 Å². The lowest BCUT2D eigenvalue weighted by molar-refractivity contribution is -0.121. The van der Waals surface area contributed by atoms with E-state index < -0.39 is 0 Å². The normalized spacial score (nSPS) is 20.5. The van der Waals surface area contributed by atoms with Crippen LogP contribution in [0, 0.1) is 0 Å². The Balaban J connectivity index is 2.22. The van der Waals surface area contributed by atoms with Crippen LogP contribution in [0.3, 0.4) is 0 Å². The molecule has 1 aliphatic rings. The number of para-hydroxylation sites is 1. The van der Waals surface area contributed by atoms with Crippen molar-refractivity contribution in [2.24, 2.45) is 0 Å². The highest BCUT2D eigenvalue weighted by Crippen LogP contribution is 2.27. The van der Waals surface area contributed by atoms with Crippen molar-refractivity contribution in [3.05, 3.63) is 29.8 Å². The van der Waals surface area contributed by atoms with Crippen molar-refractivity contribution < 1.29 is 9.53 Å². The van der Waals surface area contributed by atoms with Gasteiger partial charge in [0.05, 0.1) is 6.61 Å². The number of carbonyl (C=O) groups excluding carboxylic acids is 1. The van der Waals surface area contributed by atoms with E-state index in [0.717, 1.165) is 17.9 Å². The van der Waals surface area contributed by atoms with E-state index in [-0.39, 0.29) is 11.9 Å². The van der Waals surface area contributed by atoms with E-state index in [1.165, 1.54) is 0 Å². The summed E-state index contributed by atoms with van der Waals surface area (Å²) in [6.07, 6.45) is 0.462. The molecule has 2 rings (SSSR count). The predicted octanol–water partition coefficient (Wildman–Crippen LogP) is 1.24. The largest absolute Gasteiger partial charge is 0.494 e. The molecule has 1 aromatic rings. The highest BCUT2D eigenvalue weighted by molar-refractivity contribution is 5.77. The Morgan fingerprint density at radius 3 is 3.00 bits per heavy atom. The lowest BCUT2D eigenvalue weighted by Crippen LogP contribution is -2.24. The van der Waals surface area contributed by atoms with Gasteiger partial charge in [0.25, 0.3) is 0 Å². The smallest absolute Gasteiger partial charge is 0.221 e. The van der Waals surface area contributed by atoms with Gasteiger partial charge in [-0.2, -0.15) is 0 Å². The second-order valence-electron chi connectivity index (χ2n) is 4.03. The fourth-order valence-corrected chi connectivity index (χ4v) is 2.05. The topological polar surface area (TPSA) is 50.4 Å². The van der Waals surface area contributed by atoms with Crippen molar-refractivity contribution in [2.45, 2.75) is 19.4 Å². The van der Waals surface area contributed by atoms with Crippen LogP contribution >= 0.6 is 0 Å². The average Bonchev–Trinajstić information content (AvgIpc) is 2.55. The average molecular weight is 234 g/mol. The molecule has 0 radical (unpaired) electrons. The van der Waals surface area contributed by atoms with Crippen LogP contribution in [0.4, 0.5) is 0 Å². The van der Waals surface area contributed by atoms with Gasteiger partial charge in [-0.3, -0.25) is 4.79 Å². The molecule has 1 fully saturated rings. The van der Waals surface area contributed by atoms with Gasteiger partial charge in [-0.25, -0.2) is 0 Å². The first-order valence-corrected chi connectivity index (χ1v) is 6.03. The van der Waals surface area contributed by atoms with Crippen molar-refractivity contribution in [3.63, 3.8) is 0 Å². The van der Waals surface area contributed by atoms with Crippen molar-refractivity contribution in [3.8, 4) is 5.75 Å². The molecular formula is C13H18N2O2. The van der Waals surface area contributed by atoms with E-state index in [2.05, 4.69) is 10.6 Å². The van der Waals surface area contributed by atoms with Crippen LogP contribution in [0.5, 0.6) is 5.75 Å². The van der Waals surface area contributed by atoms with E-state index in [9.17, 15) is 4.79 Å². The minimum absolute atomic E-state index is 0.0419. The lowest BCUT2D eigenvalue weighted by atomic mass is 10.0. The first-order chi connectivity index (χ1) is 8.31. The van der Waals surface area contributed by atoms with Crippen molar-refractivity contribution >= 4 is 5.91 Å². The summed E-state index contributed by atoms with van der Waals surface area (Å²) in [6.45, 7) is 4.07. The third-order valence-electron chi connectivity index (χ3n) is 2.82. The second-order valence-corrected chi connectivity index (χ2v) is 4.03. The molecule has 0 aliphatic carbocycles. The fourth-order valence-electron chi connectivity index (χ4n) is 2.05. The zero-order valence-electron chi connectivity index (χ0n) is 10.0. The van der Waals surface area contributed by atoms with Gasteiger partial charge >= 0.3 is 0 Å². The molecule has 0 spiro atoms. The van der Waals surface area contributed by atoms with Crippen LogP contribution in [0.15, 0.2) is 24.3 Å². The minimum Gasteiger partial charge on any atom is -0.494 e. The number of hydrogen-bond acceptors (Lipinski definition) is 3. The number of amides is 1. The zero-order valence-corrected chi connectivity index (χ0v) is 10.0. The van der Waals surface area contributed by atoms with E-state index >= 15 is 0 Å². The summed E-state index contributed by atoms with van der Waals surface area (Å²) in [4.78, 5) is 11.5. The summed E-state index contributed by atoms with van der Waals surface area (Å²) in [5.74, 6) is 0.952. The molecule has 1 unspecified atom stereocenters. The summed E-state index contributed by atoms with van der Waals surface area (Å²) < 4.78 is 5.59. The summed E-state index contributed by atoms with van der Waals surface area (Å²) >= 11 is 0. The molecule has 4 nitrogen and oxygen atoms in total. The van der Waals surface area contributed by atoms with Crippen LogP contribution in [-0.2, 0) is 4.79 Å². The Bertz CT molecular complexity index is 393. The molecule has 0 bridgehead atoms. The predicted molar refractivity (Wildman–Crippen MR) is 66.0 cm³/mol. The summed E-state index contributed by atoms with van der Waals surface area (Å²) in [5, 5.41) is 6.22. The van der Waals surface area contributed by atoms with Crippen LogP contribution in [0.2, 0.25) is 0 Å². The summed E-state index contributed by atoms with van der Waals surface area (Å²) in [5.41, 5.74) is 1.06. The van der Waals surface area contributed by atoms with Gasteiger partial charge in [0, 0.05) is 31.1 Å². The van der Waals surface area contributed by atoms with Crippen molar-refractivity contribution in [1.29, 1.82) is 0 Å². The maximum atomic E-state index is 11.5. The number of carbonyl (C=O) groups is 1. The molecule has 17 heavy (non-hydrogen) atoms. The van der Waals surface area contributed by atoms with Gasteiger partial charge in [-0.05, 0) is 13.0 Å². The van der Waals surface area contributed by atoms with Gasteiger partial charge in [-0.1, -0.05) is 18.2 Å². The Hall–Kier alpha value is -1.55. The molecule has 1 aromatic carbocycles. The number of ether oxygens (including phenoxy) is 1. The number of rotatable bonds is 3. The highest BCUT2D eigenvalue weighted by Gasteiger charge is 2.21. The monoisotopic (exact) mass is 234 g/mol. The zero-order chi connectivity index (χ0) is 12.1. The quantitative estimate of drug-likeness (QED) is 0.827. The third-order valence-corrected chi connectivity index (χ3v) is 2.82. The van der Waals surface area contributed by atoms with Crippen LogP contribution in [-0.4, -0.2) is 25.6 Å². The molecule has 1 atom stereocenters. The van der Waals surface area contributed by atoms with Crippen molar-refractivity contribution in [1.82, 2.24) is 10.6 Å². The number of benzene rings is 1. The molecule has 4 heteroatoms. The van der Waals surface area contributed by atoms with Crippen LogP contribution in [0.1, 0.15) is 24.9 Å². The van der Waals surface area contributed by atoms with Crippen molar-refractivity contribution in [2.75, 3.05) is 19.7 Å². The van der Waals surface area contributed by atoms with Gasteiger partial charge in [0.1, 0.15) is 5.75 Å². The van der Waals surface area contributed by atoms with Crippen LogP contribution < -0.4 is 15.4 Å². The Morgan fingerprint density at radius 2 is 2.18 bits per heavy atom. The van der Waals surface area contributed by atoms with E-state index in [0.29, 0.717) is 19.6 Å². The third kappa shape index (κ3) is 2.97. The highest BCUT2D eigenvalue weighted by atomic mass is 16.5. The molecule has 92 valence electrons. The molecule has 1 aliphatic heterocycles. The first-order valence-electron chi connectivity index (χ1n) is 6.03. The minimum atomic E-state index is 0.0419. The fraction of sp³-hybridized carbons (Fsp3) is 0.462. The molecule has 0 aromatic heterocycles. The maximum absolute atomic E-state index is 11.5. The summed E-state index contributed by atoms with van der Waals surface area (Å²) in [6, 6.07) is 7.93. The Kier molecular flexibility index (Phi) is 3.98. The number of nitrogens with one attached hydrogen (secondary N) is 2. The molecule has 1 saturated heterocycles. The van der Waals surface area contributed by atoms with E-state index in [4.69, 9.17) is 4.74 Å². The standard InChI is InChI=1S/C13H18N2O2/c1-2-17-12-6-4-3-5-10(12)11-9-13(16)15-8-7-14-11/h3-6,11,14H,2,7-9H2,1H3,(H,15,16). The van der Waals surface area contributed by atoms with Gasteiger partial charge < -0.3 is 15.4 Å². The van der Waals surface area contributed by atoms with E-state index in [1.54, 1.807) is 0 Å². The summed E-state index contributed by atoms with van der Waals surface area (Å²) in [7, 11) is 0. The second kappa shape index (κ2) is 5.68. The molecule has 1 heterocycles. The molecule has 1 amide bonds. The Morgan fingerprint density at radius 1 is 1.35 bits per heavy atom. The van der Waals surface area contributed by atoms with Gasteiger partial charge in [0.15, 0.2) is 0 Å². The SMILES string of the molecule is CCOc1ccccc1C1CC(=O)NCCN1. The lowest BCUT2D eigenvalue weighted by Gasteiger charge is -2.18. The van der Waals surface area contributed by atoms with E-state index in [1.807, 2.05) is 31.2 Å². The number of hydrogen-bond donors (Lipinski definition) is 2. The van der Waals surface area contributed by atoms with Crippen LogP contribution in [0.25, 0.3) is 0 Å².